The number of alkyl halides is 3. The predicted octanol–water partition coefficient (Wildman–Crippen LogP) is 7.08. The van der Waals surface area contributed by atoms with E-state index in [1.54, 1.807) is 6.07 Å². The second-order valence-electron chi connectivity index (χ2n) is 10.6. The number of halogens is 3. The van der Waals surface area contributed by atoms with E-state index in [1.165, 1.54) is 12.1 Å². The number of aromatic nitrogens is 2. The number of aryl methyl sites for hydroxylation is 1. The monoisotopic (exact) mass is 590 g/mol. The van der Waals surface area contributed by atoms with Gasteiger partial charge in [-0.15, -0.1) is 0 Å². The van der Waals surface area contributed by atoms with Gasteiger partial charge in [0, 0.05) is 24.7 Å². The van der Waals surface area contributed by atoms with Crippen LogP contribution in [0.3, 0.4) is 0 Å². The molecule has 0 radical (unpaired) electrons. The Morgan fingerprint density at radius 3 is 2.19 bits per heavy atom. The van der Waals surface area contributed by atoms with Crippen molar-refractivity contribution >= 4 is 30.0 Å². The van der Waals surface area contributed by atoms with Gasteiger partial charge in [0.2, 0.25) is 0 Å². The van der Waals surface area contributed by atoms with Gasteiger partial charge in [0.15, 0.2) is 13.2 Å². The van der Waals surface area contributed by atoms with E-state index >= 15 is 0 Å². The molecule has 3 aromatic carbocycles. The summed E-state index contributed by atoms with van der Waals surface area (Å²) >= 11 is 0. The molecule has 1 saturated carbocycles. The Morgan fingerprint density at radius 1 is 0.881 bits per heavy atom. The number of ether oxygens (including phenoxy) is 1. The zero-order valence-electron chi connectivity index (χ0n) is 23.1. The molecule has 3 aliphatic rings. The highest BCUT2D eigenvalue weighted by molar-refractivity contribution is 7.70. The molecule has 7 nitrogen and oxygen atoms in total. The largest absolute Gasteiger partial charge is 0.418 e. The fraction of sp³-hybridized carbons (Fsp3) is 0.290. The zero-order valence-corrected chi connectivity index (χ0v) is 24.0. The molecular formula is C31H30F3N6OP. The van der Waals surface area contributed by atoms with Crippen LogP contribution < -0.4 is 5.30 Å². The van der Waals surface area contributed by atoms with Crippen molar-refractivity contribution in [2.24, 2.45) is 9.74 Å². The highest BCUT2D eigenvalue weighted by Gasteiger charge is 2.52. The molecule has 1 atom stereocenters. The predicted molar refractivity (Wildman–Crippen MR) is 158 cm³/mol. The normalized spacial score (nSPS) is 21.1. The van der Waals surface area contributed by atoms with E-state index in [9.17, 15) is 13.2 Å². The first-order chi connectivity index (χ1) is 20.4. The van der Waals surface area contributed by atoms with Crippen LogP contribution in [-0.2, 0) is 10.9 Å². The summed E-state index contributed by atoms with van der Waals surface area (Å²) in [5.74, 6) is 1.33. The van der Waals surface area contributed by atoms with Gasteiger partial charge in [-0.2, -0.15) is 18.3 Å². The summed E-state index contributed by atoms with van der Waals surface area (Å²) in [5.41, 5.74) is 1.62. The van der Waals surface area contributed by atoms with Crippen LogP contribution in [0.25, 0.3) is 5.69 Å². The fourth-order valence-electron chi connectivity index (χ4n) is 5.83. The summed E-state index contributed by atoms with van der Waals surface area (Å²) in [6, 6.07) is 25.4. The Morgan fingerprint density at radius 2 is 1.52 bits per heavy atom. The minimum Gasteiger partial charge on any atom is -0.379 e. The summed E-state index contributed by atoms with van der Waals surface area (Å²) in [5, 5.41) is 5.78. The molecule has 0 amide bonds. The van der Waals surface area contributed by atoms with Gasteiger partial charge >= 0.3 is 6.18 Å². The number of amidine groups is 1. The van der Waals surface area contributed by atoms with E-state index < -0.39 is 19.1 Å². The van der Waals surface area contributed by atoms with Crippen molar-refractivity contribution in [3.8, 4) is 5.69 Å². The number of hydrogen-bond acceptors (Lipinski definition) is 4. The summed E-state index contributed by atoms with van der Waals surface area (Å²) in [4.78, 5) is 5.29. The molecule has 0 bridgehead atoms. The maximum absolute atomic E-state index is 14.4. The van der Waals surface area contributed by atoms with E-state index in [4.69, 9.17) is 19.6 Å². The van der Waals surface area contributed by atoms with Crippen molar-refractivity contribution in [2.75, 3.05) is 26.3 Å². The van der Waals surface area contributed by atoms with E-state index in [2.05, 4.69) is 9.34 Å². The van der Waals surface area contributed by atoms with Gasteiger partial charge in [-0.3, -0.25) is 0 Å². The average molecular weight is 591 g/mol. The van der Waals surface area contributed by atoms with Gasteiger partial charge in [0.25, 0.3) is 0 Å². The lowest BCUT2D eigenvalue weighted by atomic mass is 10.2. The molecule has 2 aliphatic heterocycles. The minimum absolute atomic E-state index is 0.0670. The second kappa shape index (κ2) is 10.5. The first-order valence-electron chi connectivity index (χ1n) is 14.1. The summed E-state index contributed by atoms with van der Waals surface area (Å²) < 4.78 is 60.8. The molecule has 216 valence electrons. The molecule has 4 aromatic rings. The molecule has 1 aromatic heterocycles. The van der Waals surface area contributed by atoms with Crippen LogP contribution in [0.4, 0.5) is 24.7 Å². The van der Waals surface area contributed by atoms with Crippen molar-refractivity contribution in [3.63, 3.8) is 0 Å². The van der Waals surface area contributed by atoms with Gasteiger partial charge in [0.1, 0.15) is 5.84 Å². The van der Waals surface area contributed by atoms with Crippen molar-refractivity contribution in [2.45, 2.75) is 32.0 Å². The first kappa shape index (κ1) is 27.1. The molecule has 1 aliphatic carbocycles. The van der Waals surface area contributed by atoms with Gasteiger partial charge in [-0.05, 0) is 44.0 Å². The molecular weight excluding hydrogens is 560 g/mol. The maximum atomic E-state index is 14.4. The molecule has 1 saturated heterocycles. The quantitative estimate of drug-likeness (QED) is 0.233. The Kier molecular flexibility index (Phi) is 6.80. The smallest absolute Gasteiger partial charge is 0.379 e. The van der Waals surface area contributed by atoms with Crippen LogP contribution in [0.1, 0.15) is 29.7 Å². The number of para-hydroxylation sites is 1. The molecule has 0 unspecified atom stereocenters. The van der Waals surface area contributed by atoms with E-state index in [1.807, 2.05) is 72.3 Å². The van der Waals surface area contributed by atoms with Crippen LogP contribution in [0, 0.1) is 6.92 Å². The molecule has 2 fully saturated rings. The molecule has 7 rings (SSSR count). The Hall–Kier alpha value is -3.72. The fourth-order valence-corrected chi connectivity index (χ4v) is 10.1. The highest BCUT2D eigenvalue weighted by atomic mass is 31.2. The average Bonchev–Trinajstić information content (AvgIpc) is 3.79. The molecule has 0 spiro atoms. The van der Waals surface area contributed by atoms with E-state index in [-0.39, 0.29) is 11.7 Å². The Bertz CT molecular complexity index is 1690. The van der Waals surface area contributed by atoms with Gasteiger partial charge in [-0.25, -0.2) is 19.1 Å². The lowest BCUT2D eigenvalue weighted by molar-refractivity contribution is -0.137. The SMILES string of the molecule is Cc1nn(-c2ccccc2)c2c1[P@@](=Nc1ccccc1C(F)(F)F)(N1CCOCC1)N(C1CC1)C(c1ccccc1)=N2. The van der Waals surface area contributed by atoms with Crippen LogP contribution in [0.5, 0.6) is 0 Å². The van der Waals surface area contributed by atoms with Gasteiger partial charge in [0.05, 0.1) is 41.2 Å². The lowest BCUT2D eigenvalue weighted by Gasteiger charge is -2.48. The van der Waals surface area contributed by atoms with Gasteiger partial charge in [-0.1, -0.05) is 60.7 Å². The maximum Gasteiger partial charge on any atom is 0.418 e. The molecule has 11 heteroatoms. The topological polar surface area (TPSA) is 58.3 Å². The number of fused-ring (bicyclic) bond motifs is 1. The first-order valence-corrected chi connectivity index (χ1v) is 15.7. The van der Waals surface area contributed by atoms with Crippen molar-refractivity contribution in [1.29, 1.82) is 0 Å². The van der Waals surface area contributed by atoms with Crippen LogP contribution in [0.2, 0.25) is 0 Å². The third kappa shape index (κ3) is 4.58. The third-order valence-electron chi connectivity index (χ3n) is 7.80. The number of benzene rings is 3. The van der Waals surface area contributed by atoms with Crippen molar-refractivity contribution in [3.05, 3.63) is 102 Å². The third-order valence-corrected chi connectivity index (χ3v) is 11.7. The standard InChI is InChI=1S/C31H30F3N6OP/c1-22-28-30(39(36-22)24-12-6-3-7-13-24)35-29(23-10-4-2-5-11-23)40(25-16-17-25)42(28,38-18-20-41-21-19-38)37-27-15-9-8-14-26(27)31(32,33)34/h2-15,25H,16-21H2,1H3/t42-/m1/s1. The number of rotatable bonds is 5. The molecule has 3 heterocycles. The second-order valence-corrected chi connectivity index (χ2v) is 13.4. The van der Waals surface area contributed by atoms with E-state index in [0.29, 0.717) is 37.8 Å². The number of morpholine rings is 1. The van der Waals surface area contributed by atoms with Crippen LogP contribution >= 0.6 is 7.36 Å². The summed E-state index contributed by atoms with van der Waals surface area (Å²) in [7, 11) is -3.14. The van der Waals surface area contributed by atoms with Crippen molar-refractivity contribution in [1.82, 2.24) is 19.1 Å². The van der Waals surface area contributed by atoms with Gasteiger partial charge < -0.3 is 9.41 Å². The van der Waals surface area contributed by atoms with Crippen molar-refractivity contribution < 1.29 is 17.9 Å². The van der Waals surface area contributed by atoms with Crippen LogP contribution in [-0.4, -0.2) is 57.3 Å². The summed E-state index contributed by atoms with van der Waals surface area (Å²) in [6.45, 7) is 3.93. The van der Waals surface area contributed by atoms with E-state index in [0.717, 1.165) is 41.3 Å². The Balaban J connectivity index is 1.62. The molecule has 0 N–H and O–H groups in total. The number of hydrogen-bond donors (Lipinski definition) is 0. The number of aliphatic imine (C=N–C) groups is 1. The van der Waals surface area contributed by atoms with Crippen LogP contribution in [0.15, 0.2) is 94.7 Å². The number of nitrogens with zero attached hydrogens (tertiary/aromatic N) is 6. The Labute approximate surface area is 242 Å². The minimum atomic E-state index is -4.56. The zero-order chi connectivity index (χ0) is 28.9. The summed E-state index contributed by atoms with van der Waals surface area (Å²) in [6.07, 6.45) is -2.73. The highest BCUT2D eigenvalue weighted by Crippen LogP contribution is 2.66. The lowest BCUT2D eigenvalue weighted by Crippen LogP contribution is -2.48. The molecule has 42 heavy (non-hydrogen) atoms.